The molecular formula is C33H43N3O6. The van der Waals surface area contributed by atoms with Crippen LogP contribution in [0.2, 0.25) is 0 Å². The molecule has 2 atom stereocenters. The lowest BCUT2D eigenvalue weighted by Gasteiger charge is -2.37. The van der Waals surface area contributed by atoms with Gasteiger partial charge in [-0.15, -0.1) is 0 Å². The number of ether oxygens (including phenoxy) is 1. The van der Waals surface area contributed by atoms with Gasteiger partial charge >= 0.3 is 5.97 Å². The quantitative estimate of drug-likeness (QED) is 0.191. The second-order valence-corrected chi connectivity index (χ2v) is 11.1. The Morgan fingerprint density at radius 1 is 0.881 bits per heavy atom. The monoisotopic (exact) mass is 577 g/mol. The summed E-state index contributed by atoms with van der Waals surface area (Å²) in [5.41, 5.74) is 5.09. The van der Waals surface area contributed by atoms with Crippen molar-refractivity contribution < 1.29 is 28.8 Å². The third-order valence-corrected chi connectivity index (χ3v) is 7.99. The van der Waals surface area contributed by atoms with E-state index in [0.29, 0.717) is 50.8 Å². The zero-order valence-electron chi connectivity index (χ0n) is 24.5. The van der Waals surface area contributed by atoms with Gasteiger partial charge in [0.1, 0.15) is 12.1 Å². The number of fused-ring (bicyclic) bond motifs is 1. The normalized spacial score (nSPS) is 17.3. The number of rotatable bonds is 14. The van der Waals surface area contributed by atoms with Crippen LogP contribution >= 0.6 is 0 Å². The molecule has 1 aliphatic carbocycles. The van der Waals surface area contributed by atoms with Gasteiger partial charge in [-0.2, -0.15) is 0 Å². The molecule has 226 valence electrons. The predicted molar refractivity (Wildman–Crippen MR) is 158 cm³/mol. The van der Waals surface area contributed by atoms with Gasteiger partial charge in [0.15, 0.2) is 6.04 Å². The molecule has 1 saturated carbocycles. The molecule has 1 fully saturated rings. The Hall–Kier alpha value is -3.72. The van der Waals surface area contributed by atoms with E-state index in [-0.39, 0.29) is 23.8 Å². The summed E-state index contributed by atoms with van der Waals surface area (Å²) in [6.45, 7) is 2.57. The Morgan fingerprint density at radius 3 is 2.26 bits per heavy atom. The predicted octanol–water partition coefficient (Wildman–Crippen LogP) is 4.69. The van der Waals surface area contributed by atoms with Gasteiger partial charge in [-0.1, -0.05) is 67.4 Å². The summed E-state index contributed by atoms with van der Waals surface area (Å²) in [5.74, 6) is -1.07. The van der Waals surface area contributed by atoms with E-state index >= 15 is 0 Å². The average molecular weight is 578 g/mol. The van der Waals surface area contributed by atoms with Gasteiger partial charge in [0, 0.05) is 25.8 Å². The maximum atomic E-state index is 13.8. The number of hydrogen-bond donors (Lipinski definition) is 2. The summed E-state index contributed by atoms with van der Waals surface area (Å²) in [7, 11) is 0. The standard InChI is InChI=1S/C33H43N3O6/c1-2-41-35-29(37)20-8-3-4-9-21-30(38)36-23-26-17-11-10-16-25(26)22-28(36)32(39)34-31(24-14-6-5-7-15-24)33(40)42-27-18-12-13-19-27/h5-7,10-11,14-17,27-28,31H,2-4,8-9,12-13,18-23H2,1H3,(H,34,39)(H,35,37)/t28-,31-/m0/s1. The second kappa shape index (κ2) is 16.1. The smallest absolute Gasteiger partial charge is 0.333 e. The first-order valence-corrected chi connectivity index (χ1v) is 15.3. The van der Waals surface area contributed by atoms with Crippen LogP contribution in [0.1, 0.15) is 93.9 Å². The first kappa shape index (κ1) is 31.2. The van der Waals surface area contributed by atoms with Crippen LogP contribution < -0.4 is 10.8 Å². The molecule has 0 saturated heterocycles. The number of unbranched alkanes of at least 4 members (excludes halogenated alkanes) is 3. The van der Waals surface area contributed by atoms with Crippen molar-refractivity contribution in [2.45, 2.75) is 102 Å². The molecule has 0 bridgehead atoms. The van der Waals surface area contributed by atoms with Crippen LogP contribution in [0.3, 0.4) is 0 Å². The van der Waals surface area contributed by atoms with Crippen LogP contribution in [0.4, 0.5) is 0 Å². The van der Waals surface area contributed by atoms with Crippen molar-refractivity contribution in [1.29, 1.82) is 0 Å². The number of hydroxylamine groups is 1. The van der Waals surface area contributed by atoms with Crippen molar-refractivity contribution in [1.82, 2.24) is 15.7 Å². The van der Waals surface area contributed by atoms with Crippen LogP contribution in [0.5, 0.6) is 0 Å². The molecule has 9 nitrogen and oxygen atoms in total. The minimum absolute atomic E-state index is 0.0939. The average Bonchev–Trinajstić information content (AvgIpc) is 3.53. The topological polar surface area (TPSA) is 114 Å². The van der Waals surface area contributed by atoms with Crippen LogP contribution in [-0.4, -0.2) is 47.3 Å². The second-order valence-electron chi connectivity index (χ2n) is 11.1. The van der Waals surface area contributed by atoms with Gasteiger partial charge in [0.05, 0.1) is 6.61 Å². The van der Waals surface area contributed by atoms with Crippen molar-refractivity contribution in [2.24, 2.45) is 0 Å². The fourth-order valence-corrected chi connectivity index (χ4v) is 5.68. The van der Waals surface area contributed by atoms with E-state index in [1.54, 1.807) is 24.0 Å². The number of esters is 1. The molecule has 42 heavy (non-hydrogen) atoms. The molecular weight excluding hydrogens is 534 g/mol. The Balaban J connectivity index is 1.40. The molecule has 0 aromatic heterocycles. The van der Waals surface area contributed by atoms with Gasteiger partial charge in [-0.25, -0.2) is 10.3 Å². The first-order chi connectivity index (χ1) is 20.5. The van der Waals surface area contributed by atoms with Gasteiger partial charge in [-0.3, -0.25) is 19.2 Å². The van der Waals surface area contributed by atoms with Gasteiger partial charge in [-0.05, 0) is 62.1 Å². The lowest BCUT2D eigenvalue weighted by Crippen LogP contribution is -2.54. The Morgan fingerprint density at radius 2 is 1.55 bits per heavy atom. The Bertz CT molecular complexity index is 1200. The van der Waals surface area contributed by atoms with E-state index in [1.165, 1.54) is 0 Å². The summed E-state index contributed by atoms with van der Waals surface area (Å²) in [5, 5.41) is 2.95. The van der Waals surface area contributed by atoms with Crippen LogP contribution in [0.25, 0.3) is 0 Å². The Kier molecular flexibility index (Phi) is 11.9. The maximum Gasteiger partial charge on any atom is 0.333 e. The van der Waals surface area contributed by atoms with Crippen molar-refractivity contribution in [3.8, 4) is 0 Å². The molecule has 0 spiro atoms. The molecule has 2 aromatic carbocycles. The van der Waals surface area contributed by atoms with E-state index < -0.39 is 18.1 Å². The number of carbonyl (C=O) groups is 4. The molecule has 0 radical (unpaired) electrons. The minimum atomic E-state index is -0.951. The van der Waals surface area contributed by atoms with Crippen molar-refractivity contribution >= 4 is 23.7 Å². The highest BCUT2D eigenvalue weighted by molar-refractivity contribution is 5.92. The fraction of sp³-hybridized carbons (Fsp3) is 0.515. The summed E-state index contributed by atoms with van der Waals surface area (Å²) in [4.78, 5) is 58.9. The molecule has 2 aliphatic rings. The molecule has 0 unspecified atom stereocenters. The highest BCUT2D eigenvalue weighted by Gasteiger charge is 2.37. The van der Waals surface area contributed by atoms with Crippen LogP contribution in [0.15, 0.2) is 54.6 Å². The zero-order chi connectivity index (χ0) is 29.7. The Labute approximate surface area is 248 Å². The summed E-state index contributed by atoms with van der Waals surface area (Å²) in [6, 6.07) is 15.3. The molecule has 9 heteroatoms. The van der Waals surface area contributed by atoms with Crippen LogP contribution in [0, 0.1) is 0 Å². The zero-order valence-corrected chi connectivity index (χ0v) is 24.5. The highest BCUT2D eigenvalue weighted by Crippen LogP contribution is 2.27. The number of carbonyl (C=O) groups excluding carboxylic acids is 4. The molecule has 1 heterocycles. The van der Waals surface area contributed by atoms with Crippen molar-refractivity contribution in [3.05, 3.63) is 71.3 Å². The summed E-state index contributed by atoms with van der Waals surface area (Å²) >= 11 is 0. The van der Waals surface area contributed by atoms with E-state index in [1.807, 2.05) is 42.5 Å². The number of amides is 3. The van der Waals surface area contributed by atoms with Gasteiger partial charge in [0.25, 0.3) is 0 Å². The van der Waals surface area contributed by atoms with E-state index in [4.69, 9.17) is 9.57 Å². The lowest BCUT2D eigenvalue weighted by molar-refractivity contribution is -0.154. The van der Waals surface area contributed by atoms with Crippen molar-refractivity contribution in [3.63, 3.8) is 0 Å². The number of benzene rings is 2. The fourth-order valence-electron chi connectivity index (χ4n) is 5.68. The number of nitrogens with one attached hydrogen (secondary N) is 2. The first-order valence-electron chi connectivity index (χ1n) is 15.3. The number of nitrogens with zero attached hydrogens (tertiary/aromatic N) is 1. The third kappa shape index (κ3) is 8.89. The lowest BCUT2D eigenvalue weighted by atomic mass is 9.92. The minimum Gasteiger partial charge on any atom is -0.461 e. The van der Waals surface area contributed by atoms with Crippen molar-refractivity contribution in [2.75, 3.05) is 6.61 Å². The molecule has 1 aliphatic heterocycles. The molecule has 3 amide bonds. The van der Waals surface area contributed by atoms with Gasteiger partial charge < -0.3 is 15.0 Å². The van der Waals surface area contributed by atoms with E-state index in [2.05, 4.69) is 10.8 Å². The third-order valence-electron chi connectivity index (χ3n) is 7.99. The highest BCUT2D eigenvalue weighted by atomic mass is 16.6. The largest absolute Gasteiger partial charge is 0.461 e. The molecule has 2 aromatic rings. The van der Waals surface area contributed by atoms with E-state index in [0.717, 1.165) is 49.7 Å². The maximum absolute atomic E-state index is 13.8. The molecule has 2 N–H and O–H groups in total. The van der Waals surface area contributed by atoms with Gasteiger partial charge in [0.2, 0.25) is 17.7 Å². The SMILES string of the molecule is CCONC(=O)CCCCCCC(=O)N1Cc2ccccc2C[C@H]1C(=O)N[C@H](C(=O)OC1CCCC1)c1ccccc1. The van der Waals surface area contributed by atoms with Crippen LogP contribution in [-0.2, 0) is 41.7 Å². The summed E-state index contributed by atoms with van der Waals surface area (Å²) < 4.78 is 5.80. The molecule has 4 rings (SSSR count). The number of hydrogen-bond acceptors (Lipinski definition) is 6. The van der Waals surface area contributed by atoms with E-state index in [9.17, 15) is 19.2 Å². The summed E-state index contributed by atoms with van der Waals surface area (Å²) in [6.07, 6.45) is 7.68.